The van der Waals surface area contributed by atoms with Crippen molar-refractivity contribution < 1.29 is 0 Å². The standard InChI is InChI=1S/C30H49N3/c1-6-9-10-24-11-12-25-27-14-13-26(22(4)20-33-21-23(18-31)19-32-33)29(27,5)17-15-28(25)30(24,8-3)16-7-2/h19,21-22,24-28H,6-17,20H2,1-5H3/t22-,24+,25+,26?,27?,28?,29-,30+/m1/s1. The van der Waals surface area contributed by atoms with Gasteiger partial charge in [-0.25, -0.2) is 0 Å². The van der Waals surface area contributed by atoms with Crippen molar-refractivity contribution in [3.8, 4) is 6.07 Å². The summed E-state index contributed by atoms with van der Waals surface area (Å²) in [6.45, 7) is 13.4. The lowest BCUT2D eigenvalue weighted by Gasteiger charge is -2.61. The fraction of sp³-hybridized carbons (Fsp3) is 0.867. The van der Waals surface area contributed by atoms with E-state index in [1.165, 1.54) is 77.0 Å². The molecule has 4 rings (SSSR count). The van der Waals surface area contributed by atoms with E-state index in [0.29, 0.717) is 22.3 Å². The van der Waals surface area contributed by atoms with Crippen molar-refractivity contribution in [1.82, 2.24) is 9.78 Å². The second-order valence-electron chi connectivity index (χ2n) is 12.4. The third-order valence-corrected chi connectivity index (χ3v) is 11.1. The predicted molar refractivity (Wildman–Crippen MR) is 137 cm³/mol. The fourth-order valence-corrected chi connectivity index (χ4v) is 9.77. The second-order valence-corrected chi connectivity index (χ2v) is 12.4. The van der Waals surface area contributed by atoms with Crippen LogP contribution in [0.2, 0.25) is 0 Å². The Bertz CT molecular complexity index is 821. The van der Waals surface area contributed by atoms with Crippen molar-refractivity contribution in [2.24, 2.45) is 46.3 Å². The van der Waals surface area contributed by atoms with Gasteiger partial charge < -0.3 is 0 Å². The van der Waals surface area contributed by atoms with E-state index in [9.17, 15) is 0 Å². The van der Waals surface area contributed by atoms with Gasteiger partial charge in [-0.15, -0.1) is 0 Å². The van der Waals surface area contributed by atoms with Gasteiger partial charge in [-0.3, -0.25) is 4.68 Å². The lowest BCUT2D eigenvalue weighted by atomic mass is 9.44. The smallest absolute Gasteiger partial charge is 0.102 e. The minimum Gasteiger partial charge on any atom is -0.271 e. The molecule has 3 unspecified atom stereocenters. The van der Waals surface area contributed by atoms with E-state index in [4.69, 9.17) is 5.26 Å². The van der Waals surface area contributed by atoms with Gasteiger partial charge in [0.1, 0.15) is 6.07 Å². The van der Waals surface area contributed by atoms with Crippen LogP contribution in [0.4, 0.5) is 0 Å². The lowest BCUT2D eigenvalue weighted by Crippen LogP contribution is -2.53. The zero-order valence-electron chi connectivity index (χ0n) is 22.2. The van der Waals surface area contributed by atoms with Crippen molar-refractivity contribution in [1.29, 1.82) is 5.26 Å². The normalized spacial score (nSPS) is 39.0. The Labute approximate surface area is 203 Å². The molecular weight excluding hydrogens is 402 g/mol. The molecular formula is C30H49N3. The maximum Gasteiger partial charge on any atom is 0.102 e. The SMILES string of the molecule is CCCC[C@H]1CC[C@H]2C3CCC([C@H](C)Cn4cc(C#N)cn4)[C@@]3(C)CCC2[C@@]1(CC)CCC. The summed E-state index contributed by atoms with van der Waals surface area (Å²) in [4.78, 5) is 0. The maximum absolute atomic E-state index is 9.17. The number of rotatable bonds is 9. The zero-order valence-corrected chi connectivity index (χ0v) is 22.2. The van der Waals surface area contributed by atoms with Crippen LogP contribution in [0.3, 0.4) is 0 Å². The Kier molecular flexibility index (Phi) is 7.62. The van der Waals surface area contributed by atoms with Gasteiger partial charge in [-0.2, -0.15) is 10.4 Å². The van der Waals surface area contributed by atoms with Gasteiger partial charge in [-0.05, 0) is 104 Å². The molecule has 184 valence electrons. The molecule has 0 bridgehead atoms. The molecule has 3 aliphatic rings. The minimum atomic E-state index is 0.494. The largest absolute Gasteiger partial charge is 0.271 e. The molecule has 3 saturated carbocycles. The lowest BCUT2D eigenvalue weighted by molar-refractivity contribution is -0.116. The highest BCUT2D eigenvalue weighted by atomic mass is 15.3. The molecule has 1 heterocycles. The number of aromatic nitrogens is 2. The third kappa shape index (κ3) is 4.30. The molecule has 0 amide bonds. The van der Waals surface area contributed by atoms with Gasteiger partial charge in [0.2, 0.25) is 0 Å². The highest BCUT2D eigenvalue weighted by Crippen LogP contribution is 2.68. The highest BCUT2D eigenvalue weighted by molar-refractivity contribution is 5.21. The molecule has 33 heavy (non-hydrogen) atoms. The Morgan fingerprint density at radius 2 is 1.94 bits per heavy atom. The first-order valence-electron chi connectivity index (χ1n) is 14.4. The summed E-state index contributed by atoms with van der Waals surface area (Å²) in [5.41, 5.74) is 1.79. The van der Waals surface area contributed by atoms with Gasteiger partial charge in [-0.1, -0.05) is 53.9 Å². The average Bonchev–Trinajstić information content (AvgIpc) is 3.41. The number of hydrogen-bond acceptors (Lipinski definition) is 2. The first-order chi connectivity index (χ1) is 15.9. The van der Waals surface area contributed by atoms with E-state index in [-0.39, 0.29) is 0 Å². The molecule has 3 nitrogen and oxygen atoms in total. The molecule has 3 aliphatic carbocycles. The molecule has 1 aromatic rings. The van der Waals surface area contributed by atoms with Gasteiger partial charge in [0.05, 0.1) is 11.8 Å². The van der Waals surface area contributed by atoms with Crippen LogP contribution in [0.25, 0.3) is 0 Å². The molecule has 3 heteroatoms. The summed E-state index contributed by atoms with van der Waals surface area (Å²) in [7, 11) is 0. The number of unbranched alkanes of at least 4 members (excludes halogenated alkanes) is 1. The first kappa shape index (κ1) is 24.8. The maximum atomic E-state index is 9.17. The summed E-state index contributed by atoms with van der Waals surface area (Å²) < 4.78 is 2.02. The van der Waals surface area contributed by atoms with E-state index >= 15 is 0 Å². The first-order valence-corrected chi connectivity index (χ1v) is 14.4. The van der Waals surface area contributed by atoms with Crippen LogP contribution in [0.1, 0.15) is 117 Å². The van der Waals surface area contributed by atoms with Crippen LogP contribution >= 0.6 is 0 Å². The Balaban J connectivity index is 1.53. The summed E-state index contributed by atoms with van der Waals surface area (Å²) in [6.07, 6.45) is 20.8. The third-order valence-electron chi connectivity index (χ3n) is 11.1. The van der Waals surface area contributed by atoms with Crippen LogP contribution in [-0.4, -0.2) is 9.78 Å². The molecule has 1 aromatic heterocycles. The quantitative estimate of drug-likeness (QED) is 0.379. The predicted octanol–water partition coefficient (Wildman–Crippen LogP) is 8.25. The van der Waals surface area contributed by atoms with E-state index in [1.807, 2.05) is 10.9 Å². The van der Waals surface area contributed by atoms with E-state index in [0.717, 1.165) is 36.1 Å². The highest BCUT2D eigenvalue weighted by Gasteiger charge is 2.60. The van der Waals surface area contributed by atoms with E-state index in [2.05, 4.69) is 45.8 Å². The monoisotopic (exact) mass is 451 g/mol. The molecule has 8 atom stereocenters. The second kappa shape index (κ2) is 10.1. The van der Waals surface area contributed by atoms with Crippen LogP contribution in [0.15, 0.2) is 12.4 Å². The average molecular weight is 452 g/mol. The van der Waals surface area contributed by atoms with Crippen molar-refractivity contribution in [3.05, 3.63) is 18.0 Å². The Morgan fingerprint density at radius 1 is 1.12 bits per heavy atom. The molecule has 0 N–H and O–H groups in total. The summed E-state index contributed by atoms with van der Waals surface area (Å²) >= 11 is 0. The van der Waals surface area contributed by atoms with Crippen molar-refractivity contribution in [2.45, 2.75) is 118 Å². The fourth-order valence-electron chi connectivity index (χ4n) is 9.77. The molecule has 0 aliphatic heterocycles. The summed E-state index contributed by atoms with van der Waals surface area (Å²) in [5.74, 6) is 5.23. The van der Waals surface area contributed by atoms with Crippen LogP contribution in [0, 0.1) is 57.7 Å². The number of fused-ring (bicyclic) bond motifs is 3. The zero-order chi connectivity index (χ0) is 23.6. The molecule has 0 aromatic carbocycles. The van der Waals surface area contributed by atoms with Crippen molar-refractivity contribution in [2.75, 3.05) is 0 Å². The Hall–Kier alpha value is -1.30. The Morgan fingerprint density at radius 3 is 2.61 bits per heavy atom. The van der Waals surface area contributed by atoms with Crippen LogP contribution in [0.5, 0.6) is 0 Å². The van der Waals surface area contributed by atoms with Crippen LogP contribution < -0.4 is 0 Å². The van der Waals surface area contributed by atoms with Crippen LogP contribution in [-0.2, 0) is 6.54 Å². The summed E-state index contributed by atoms with van der Waals surface area (Å²) in [6, 6.07) is 2.23. The van der Waals surface area contributed by atoms with Gasteiger partial charge in [0.15, 0.2) is 0 Å². The van der Waals surface area contributed by atoms with E-state index < -0.39 is 0 Å². The molecule has 3 fully saturated rings. The number of nitriles is 1. The van der Waals surface area contributed by atoms with Crippen molar-refractivity contribution in [3.63, 3.8) is 0 Å². The number of hydrogen-bond donors (Lipinski definition) is 0. The molecule has 0 radical (unpaired) electrons. The topological polar surface area (TPSA) is 41.6 Å². The van der Waals surface area contributed by atoms with Gasteiger partial charge >= 0.3 is 0 Å². The van der Waals surface area contributed by atoms with Gasteiger partial charge in [0, 0.05) is 12.7 Å². The summed E-state index contributed by atoms with van der Waals surface area (Å²) in [5, 5.41) is 13.6. The van der Waals surface area contributed by atoms with E-state index in [1.54, 1.807) is 6.20 Å². The number of nitrogens with zero attached hydrogens (tertiary/aromatic N) is 3. The molecule has 0 saturated heterocycles. The van der Waals surface area contributed by atoms with Gasteiger partial charge in [0.25, 0.3) is 0 Å². The van der Waals surface area contributed by atoms with Crippen molar-refractivity contribution >= 4 is 0 Å². The molecule has 0 spiro atoms. The minimum absolute atomic E-state index is 0.494.